The number of aliphatic hydroxyl groups excluding tert-OH is 5. The number of nitrogens with one attached hydrogen (secondary N) is 1. The van der Waals surface area contributed by atoms with Crippen molar-refractivity contribution in [3.8, 4) is 0 Å². The van der Waals surface area contributed by atoms with E-state index in [1.165, 1.54) is 0 Å². The predicted molar refractivity (Wildman–Crippen MR) is 91.4 cm³/mol. The van der Waals surface area contributed by atoms with Crippen molar-refractivity contribution in [1.82, 2.24) is 9.76 Å². The summed E-state index contributed by atoms with van der Waals surface area (Å²) in [6.45, 7) is 1.03. The molecule has 1 heterocycles. The van der Waals surface area contributed by atoms with E-state index in [-0.39, 0.29) is 0 Å². The quantitative estimate of drug-likeness (QED) is 0.206. The first kappa shape index (κ1) is 24.5. The number of alkyl halides is 2. The molecule has 0 amide bonds. The van der Waals surface area contributed by atoms with Gasteiger partial charge >= 0.3 is 7.67 Å². The van der Waals surface area contributed by atoms with E-state index in [1.807, 2.05) is 0 Å². The highest BCUT2D eigenvalue weighted by Gasteiger charge is 2.32. The van der Waals surface area contributed by atoms with Crippen LogP contribution in [0.5, 0.6) is 0 Å². The molecule has 0 aliphatic carbocycles. The third kappa shape index (κ3) is 8.73. The fourth-order valence-corrected chi connectivity index (χ4v) is 4.39. The molecule has 1 saturated heterocycles. The van der Waals surface area contributed by atoms with Crippen LogP contribution in [-0.4, -0.2) is 99.7 Å². The van der Waals surface area contributed by atoms with Gasteiger partial charge in [0, 0.05) is 31.4 Å². The highest BCUT2D eigenvalue weighted by atomic mass is 35.5. The van der Waals surface area contributed by atoms with Crippen molar-refractivity contribution >= 4 is 30.9 Å². The Morgan fingerprint density at radius 1 is 1.08 bits per heavy atom. The van der Waals surface area contributed by atoms with Gasteiger partial charge in [0.05, 0.1) is 19.8 Å². The lowest BCUT2D eigenvalue weighted by molar-refractivity contribution is -0.0900. The average Bonchev–Trinajstić information content (AvgIpc) is 2.60. The molecule has 146 valence electrons. The van der Waals surface area contributed by atoms with Crippen molar-refractivity contribution in [3.05, 3.63) is 0 Å². The minimum atomic E-state index is -2.84. The molecule has 6 N–H and O–H groups in total. The average molecular weight is 413 g/mol. The Labute approximate surface area is 151 Å². The Morgan fingerprint density at radius 3 is 1.92 bits per heavy atom. The molecule has 0 bridgehead atoms. The number of hydrogen-bond donors (Lipinski definition) is 6. The van der Waals surface area contributed by atoms with Crippen molar-refractivity contribution in [3.63, 3.8) is 0 Å². The van der Waals surface area contributed by atoms with Gasteiger partial charge in [-0.3, -0.25) is 4.57 Å². The van der Waals surface area contributed by atoms with Crippen molar-refractivity contribution in [2.45, 2.75) is 24.7 Å². The molecule has 0 aromatic heterocycles. The van der Waals surface area contributed by atoms with E-state index in [0.717, 1.165) is 13.0 Å². The summed E-state index contributed by atoms with van der Waals surface area (Å²) in [5.41, 5.74) is 0. The number of halogens is 2. The zero-order valence-corrected chi connectivity index (χ0v) is 15.7. The lowest BCUT2D eigenvalue weighted by atomic mass is 10.1. The summed E-state index contributed by atoms with van der Waals surface area (Å²) in [6, 6.07) is 0. The molecule has 1 fully saturated rings. The molecule has 0 spiro atoms. The summed E-state index contributed by atoms with van der Waals surface area (Å²) in [5.74, 6) is 0.845. The van der Waals surface area contributed by atoms with Crippen LogP contribution < -0.4 is 5.09 Å². The highest BCUT2D eigenvalue weighted by Crippen LogP contribution is 2.48. The fraction of sp³-hybridized carbons (Fsp3) is 1.00. The molecule has 0 saturated carbocycles. The first-order valence-electron chi connectivity index (χ1n) is 7.49. The van der Waals surface area contributed by atoms with Crippen LogP contribution in [0.25, 0.3) is 0 Å². The third-order valence-corrected chi connectivity index (χ3v) is 5.76. The molecule has 24 heavy (non-hydrogen) atoms. The molecule has 1 rings (SSSR count). The van der Waals surface area contributed by atoms with E-state index in [4.69, 9.17) is 53.3 Å². The van der Waals surface area contributed by atoms with Gasteiger partial charge in [-0.2, -0.15) is 0 Å². The van der Waals surface area contributed by atoms with Crippen LogP contribution in [0.4, 0.5) is 0 Å². The van der Waals surface area contributed by atoms with Gasteiger partial charge in [-0.15, -0.1) is 23.2 Å². The molecule has 3 atom stereocenters. The van der Waals surface area contributed by atoms with Crippen LogP contribution in [0.3, 0.4) is 0 Å². The molecule has 9 nitrogen and oxygen atoms in total. The standard InChI is InChI=1S/C7H15Cl2N2O2P.C5H12O5/c8-2-5-11(6-3-9)14(12)10-4-1-7-13-14;6-1-3(8)5(10)4(9)2-7/h1-7H2,(H,10,12);3-10H,1-2H2. The summed E-state index contributed by atoms with van der Waals surface area (Å²) >= 11 is 11.2. The van der Waals surface area contributed by atoms with Crippen LogP contribution in [0, 0.1) is 0 Å². The Hall–Kier alpha value is 0.490. The maximum absolute atomic E-state index is 12.2. The second kappa shape index (κ2) is 13.7. The number of hydrogen-bond acceptors (Lipinski definition) is 7. The minimum Gasteiger partial charge on any atom is -0.394 e. The van der Waals surface area contributed by atoms with E-state index in [0.29, 0.717) is 31.5 Å². The summed E-state index contributed by atoms with van der Waals surface area (Å²) in [4.78, 5) is 0. The van der Waals surface area contributed by atoms with E-state index < -0.39 is 39.2 Å². The molecule has 0 radical (unpaired) electrons. The van der Waals surface area contributed by atoms with E-state index in [9.17, 15) is 4.57 Å². The van der Waals surface area contributed by atoms with Crippen molar-refractivity contribution in [1.29, 1.82) is 0 Å². The summed E-state index contributed by atoms with van der Waals surface area (Å²) in [5, 5.41) is 45.5. The van der Waals surface area contributed by atoms with E-state index in [1.54, 1.807) is 4.67 Å². The summed E-state index contributed by atoms with van der Waals surface area (Å²) in [6.07, 6.45) is -3.40. The van der Waals surface area contributed by atoms with Gasteiger partial charge in [-0.25, -0.2) is 9.76 Å². The second-order valence-corrected chi connectivity index (χ2v) is 7.87. The van der Waals surface area contributed by atoms with Crippen LogP contribution in [-0.2, 0) is 9.09 Å². The number of rotatable bonds is 9. The van der Waals surface area contributed by atoms with Crippen LogP contribution in [0.15, 0.2) is 0 Å². The highest BCUT2D eigenvalue weighted by molar-refractivity contribution is 7.54. The zero-order chi connectivity index (χ0) is 18.6. The maximum Gasteiger partial charge on any atom is 0.343 e. The largest absolute Gasteiger partial charge is 0.394 e. The lowest BCUT2D eigenvalue weighted by Crippen LogP contribution is -2.41. The Balaban J connectivity index is 0.000000470. The lowest BCUT2D eigenvalue weighted by Gasteiger charge is -2.33. The molecular weight excluding hydrogens is 386 g/mol. The topological polar surface area (TPSA) is 143 Å². The van der Waals surface area contributed by atoms with E-state index >= 15 is 0 Å². The van der Waals surface area contributed by atoms with Crippen LogP contribution in [0.1, 0.15) is 6.42 Å². The monoisotopic (exact) mass is 412 g/mol. The summed E-state index contributed by atoms with van der Waals surface area (Å²) < 4.78 is 19.2. The summed E-state index contributed by atoms with van der Waals surface area (Å²) in [7, 11) is -2.84. The first-order chi connectivity index (χ1) is 11.4. The maximum atomic E-state index is 12.2. The SMILES string of the molecule is O=P1(N(CCCl)CCCl)NCCCO1.OCC(O)C(O)C(O)CO. The van der Waals surface area contributed by atoms with Crippen LogP contribution >= 0.6 is 30.9 Å². The minimum absolute atomic E-state index is 0.423. The molecule has 1 aliphatic heterocycles. The van der Waals surface area contributed by atoms with Crippen molar-refractivity contribution in [2.24, 2.45) is 0 Å². The van der Waals surface area contributed by atoms with Gasteiger partial charge in [0.1, 0.15) is 18.3 Å². The Bertz CT molecular complexity index is 344. The molecular formula is C12H27Cl2N2O7P. The second-order valence-electron chi connectivity index (χ2n) is 4.94. The third-order valence-electron chi connectivity index (χ3n) is 3.12. The normalized spacial score (nSPS) is 24.8. The molecule has 0 aromatic carbocycles. The van der Waals surface area contributed by atoms with Gasteiger partial charge in [0.25, 0.3) is 0 Å². The smallest absolute Gasteiger partial charge is 0.343 e. The fourth-order valence-electron chi connectivity index (χ4n) is 1.75. The van der Waals surface area contributed by atoms with Crippen molar-refractivity contribution in [2.75, 3.05) is 51.2 Å². The molecule has 0 aromatic rings. The number of aliphatic hydroxyl groups is 5. The Morgan fingerprint density at radius 2 is 1.58 bits per heavy atom. The van der Waals surface area contributed by atoms with Gasteiger partial charge < -0.3 is 30.1 Å². The van der Waals surface area contributed by atoms with Crippen molar-refractivity contribution < 1.29 is 34.6 Å². The zero-order valence-electron chi connectivity index (χ0n) is 13.3. The molecule has 12 heteroatoms. The molecule has 3 unspecified atom stereocenters. The first-order valence-corrected chi connectivity index (χ1v) is 10.1. The Kier molecular flexibility index (Phi) is 13.9. The predicted octanol–water partition coefficient (Wildman–Crippen LogP) is -1.06. The van der Waals surface area contributed by atoms with Gasteiger partial charge in [0.2, 0.25) is 0 Å². The van der Waals surface area contributed by atoms with Gasteiger partial charge in [0.15, 0.2) is 0 Å². The van der Waals surface area contributed by atoms with Gasteiger partial charge in [-0.1, -0.05) is 0 Å². The molecule has 1 aliphatic rings. The number of nitrogens with zero attached hydrogens (tertiary/aromatic N) is 1. The van der Waals surface area contributed by atoms with Gasteiger partial charge in [-0.05, 0) is 6.42 Å². The van der Waals surface area contributed by atoms with Crippen LogP contribution in [0.2, 0.25) is 0 Å². The van der Waals surface area contributed by atoms with E-state index in [2.05, 4.69) is 5.09 Å².